The Morgan fingerprint density at radius 3 is 2.78 bits per heavy atom. The molecule has 1 N–H and O–H groups in total. The van der Waals surface area contributed by atoms with Crippen molar-refractivity contribution in [3.05, 3.63) is 80.0 Å². The van der Waals surface area contributed by atoms with Crippen molar-refractivity contribution in [2.24, 2.45) is 5.10 Å². The second kappa shape index (κ2) is 6.44. The summed E-state index contributed by atoms with van der Waals surface area (Å²) in [5.41, 5.74) is 2.59. The highest BCUT2D eigenvalue weighted by Crippen LogP contribution is 2.50. The summed E-state index contributed by atoms with van der Waals surface area (Å²) in [7, 11) is 0. The Kier molecular flexibility index (Phi) is 4.04. The van der Waals surface area contributed by atoms with Crippen LogP contribution in [0.25, 0.3) is 0 Å². The molecule has 0 aliphatic carbocycles. The molecule has 2 aliphatic heterocycles. The highest BCUT2D eigenvalue weighted by Gasteiger charge is 2.42. The maximum absolute atomic E-state index is 10.5. The van der Waals surface area contributed by atoms with E-state index in [2.05, 4.69) is 12.1 Å². The number of phenolic OH excluding ortho intramolecular Hbond substituents is 1. The van der Waals surface area contributed by atoms with E-state index in [-0.39, 0.29) is 16.8 Å². The molecular weight excluding hydrogens is 403 g/mol. The molecule has 3 aromatic rings. The number of fused-ring (bicyclic) bond motifs is 3. The Morgan fingerprint density at radius 2 is 1.96 bits per heavy atom. The van der Waals surface area contributed by atoms with Crippen molar-refractivity contribution in [3.8, 4) is 11.5 Å². The number of aromatic hydroxyl groups is 1. The molecule has 7 heteroatoms. The summed E-state index contributed by atoms with van der Waals surface area (Å²) in [5.74, 6) is 0.742. The van der Waals surface area contributed by atoms with Gasteiger partial charge in [0.25, 0.3) is 0 Å². The van der Waals surface area contributed by atoms with E-state index in [0.29, 0.717) is 10.6 Å². The van der Waals surface area contributed by atoms with Crippen LogP contribution in [0, 0.1) is 0 Å². The lowest BCUT2D eigenvalue weighted by atomic mass is 9.97. The van der Waals surface area contributed by atoms with Gasteiger partial charge < -0.3 is 9.84 Å². The molecule has 1 aromatic heterocycles. The molecule has 4 nitrogen and oxygen atoms in total. The number of phenols is 1. The number of para-hydroxylation sites is 1. The highest BCUT2D eigenvalue weighted by molar-refractivity contribution is 7.12. The van der Waals surface area contributed by atoms with Gasteiger partial charge in [-0.3, -0.25) is 0 Å². The molecule has 0 spiro atoms. The normalized spacial score (nSPS) is 20.7. The largest absolute Gasteiger partial charge is 0.506 e. The van der Waals surface area contributed by atoms with Gasteiger partial charge in [-0.15, -0.1) is 11.3 Å². The lowest BCUT2D eigenvalue weighted by Gasteiger charge is -2.38. The third kappa shape index (κ3) is 2.78. The maximum Gasteiger partial charge on any atom is 0.217 e. The number of rotatable bonds is 2. The fourth-order valence-electron chi connectivity index (χ4n) is 3.61. The number of halogens is 2. The standard InChI is InChI=1S/C20H14Cl2N2O2S/c21-11-8-13(19(25)14(22)9-11)20-24-16(12-4-1-2-5-17(12)26-20)10-15(23-24)18-6-3-7-27-18/h1-9,16,20,25H,10H2/t16-,20+/m1/s1. The van der Waals surface area contributed by atoms with Crippen LogP contribution in [-0.2, 0) is 0 Å². The first-order chi connectivity index (χ1) is 13.1. The van der Waals surface area contributed by atoms with Crippen molar-refractivity contribution >= 4 is 40.3 Å². The molecule has 2 atom stereocenters. The Labute approximate surface area is 170 Å². The Hall–Kier alpha value is -2.21. The zero-order valence-corrected chi connectivity index (χ0v) is 16.3. The fraction of sp³-hybridized carbons (Fsp3) is 0.150. The second-order valence-electron chi connectivity index (χ2n) is 6.46. The topological polar surface area (TPSA) is 45.1 Å². The van der Waals surface area contributed by atoms with E-state index in [1.807, 2.05) is 34.7 Å². The first-order valence-electron chi connectivity index (χ1n) is 8.45. The smallest absolute Gasteiger partial charge is 0.217 e. The molecule has 136 valence electrons. The van der Waals surface area contributed by atoms with Crippen molar-refractivity contribution in [2.75, 3.05) is 0 Å². The number of thiophene rings is 1. The summed E-state index contributed by atoms with van der Waals surface area (Å²) < 4.78 is 6.23. The van der Waals surface area contributed by atoms with Gasteiger partial charge in [-0.05, 0) is 29.6 Å². The molecule has 0 unspecified atom stereocenters. The summed E-state index contributed by atoms with van der Waals surface area (Å²) in [6, 6.07) is 15.2. The van der Waals surface area contributed by atoms with Gasteiger partial charge in [0, 0.05) is 17.0 Å². The summed E-state index contributed by atoms with van der Waals surface area (Å²) >= 11 is 14.0. The molecular formula is C20H14Cl2N2O2S. The van der Waals surface area contributed by atoms with E-state index in [1.165, 1.54) is 6.07 Å². The SMILES string of the molecule is Oc1c(Cl)cc(Cl)cc1[C@@H]1Oc2ccccc2[C@H]2CC(c3cccs3)=NN21. The third-order valence-corrected chi connectivity index (χ3v) is 6.25. The minimum absolute atomic E-state index is 0.0224. The molecule has 0 radical (unpaired) electrons. The van der Waals surface area contributed by atoms with Crippen LogP contribution in [0.5, 0.6) is 11.5 Å². The predicted molar refractivity (Wildman–Crippen MR) is 108 cm³/mol. The number of ether oxygens (including phenoxy) is 1. The Balaban J connectivity index is 1.65. The van der Waals surface area contributed by atoms with E-state index in [4.69, 9.17) is 33.0 Å². The molecule has 27 heavy (non-hydrogen) atoms. The third-order valence-electron chi connectivity index (χ3n) is 4.83. The van der Waals surface area contributed by atoms with Gasteiger partial charge >= 0.3 is 0 Å². The minimum Gasteiger partial charge on any atom is -0.506 e. The highest BCUT2D eigenvalue weighted by atomic mass is 35.5. The average Bonchev–Trinajstić information content (AvgIpc) is 3.33. The Morgan fingerprint density at radius 1 is 1.11 bits per heavy atom. The first-order valence-corrected chi connectivity index (χ1v) is 10.1. The van der Waals surface area contributed by atoms with Crippen LogP contribution in [-0.4, -0.2) is 15.8 Å². The van der Waals surface area contributed by atoms with Crippen LogP contribution >= 0.6 is 34.5 Å². The molecule has 0 fully saturated rings. The zero-order valence-electron chi connectivity index (χ0n) is 14.0. The maximum atomic E-state index is 10.5. The molecule has 5 rings (SSSR count). The van der Waals surface area contributed by atoms with Crippen LogP contribution in [0.1, 0.15) is 34.7 Å². The number of hydrogen-bond donors (Lipinski definition) is 1. The van der Waals surface area contributed by atoms with Crippen LogP contribution < -0.4 is 4.74 Å². The van der Waals surface area contributed by atoms with Gasteiger partial charge in [-0.1, -0.05) is 47.5 Å². The van der Waals surface area contributed by atoms with E-state index in [9.17, 15) is 5.11 Å². The van der Waals surface area contributed by atoms with Crippen LogP contribution in [0.3, 0.4) is 0 Å². The second-order valence-corrected chi connectivity index (χ2v) is 8.25. The molecule has 0 bridgehead atoms. The van der Waals surface area contributed by atoms with Gasteiger partial charge in [-0.25, -0.2) is 5.01 Å². The molecule has 0 amide bonds. The number of hydrogen-bond acceptors (Lipinski definition) is 5. The molecule has 2 aromatic carbocycles. The number of nitrogens with zero attached hydrogens (tertiary/aromatic N) is 2. The number of benzene rings is 2. The summed E-state index contributed by atoms with van der Waals surface area (Å²) in [5, 5.41) is 20.0. The summed E-state index contributed by atoms with van der Waals surface area (Å²) in [6.45, 7) is 0. The molecule has 2 aliphatic rings. The van der Waals surface area contributed by atoms with Crippen molar-refractivity contribution in [3.63, 3.8) is 0 Å². The van der Waals surface area contributed by atoms with Gasteiger partial charge in [0.2, 0.25) is 6.23 Å². The van der Waals surface area contributed by atoms with Crippen molar-refractivity contribution in [2.45, 2.75) is 18.7 Å². The van der Waals surface area contributed by atoms with Crippen LogP contribution in [0.15, 0.2) is 59.0 Å². The van der Waals surface area contributed by atoms with Crippen molar-refractivity contribution in [1.82, 2.24) is 5.01 Å². The quantitative estimate of drug-likeness (QED) is 0.556. The van der Waals surface area contributed by atoms with E-state index < -0.39 is 6.23 Å². The van der Waals surface area contributed by atoms with E-state index in [1.54, 1.807) is 17.4 Å². The molecule has 3 heterocycles. The van der Waals surface area contributed by atoms with E-state index >= 15 is 0 Å². The summed E-state index contributed by atoms with van der Waals surface area (Å²) in [6.07, 6.45) is 0.158. The van der Waals surface area contributed by atoms with Crippen molar-refractivity contribution in [1.29, 1.82) is 0 Å². The fourth-order valence-corrected chi connectivity index (χ4v) is 4.84. The van der Waals surface area contributed by atoms with Crippen molar-refractivity contribution < 1.29 is 9.84 Å². The van der Waals surface area contributed by atoms with Gasteiger partial charge in [0.05, 0.1) is 27.2 Å². The van der Waals surface area contributed by atoms with E-state index in [0.717, 1.165) is 28.3 Å². The average molecular weight is 417 g/mol. The van der Waals surface area contributed by atoms with Crippen LogP contribution in [0.2, 0.25) is 10.0 Å². The lowest BCUT2D eigenvalue weighted by molar-refractivity contribution is -0.0203. The van der Waals surface area contributed by atoms with Gasteiger partial charge in [-0.2, -0.15) is 5.10 Å². The van der Waals surface area contributed by atoms with Gasteiger partial charge in [0.15, 0.2) is 0 Å². The van der Waals surface area contributed by atoms with Gasteiger partial charge in [0.1, 0.15) is 11.5 Å². The number of hydrazone groups is 1. The van der Waals surface area contributed by atoms with Crippen LogP contribution in [0.4, 0.5) is 0 Å². The molecule has 0 saturated heterocycles. The predicted octanol–water partition coefficient (Wildman–Crippen LogP) is 6.00. The summed E-state index contributed by atoms with van der Waals surface area (Å²) in [4.78, 5) is 1.13. The molecule has 0 saturated carbocycles. The zero-order chi connectivity index (χ0) is 18.5. The monoisotopic (exact) mass is 416 g/mol. The first kappa shape index (κ1) is 16.9. The Bertz CT molecular complexity index is 1050. The lowest BCUT2D eigenvalue weighted by Crippen LogP contribution is -2.33. The minimum atomic E-state index is -0.612.